The number of thioether (sulfide) groups is 1. The van der Waals surface area contributed by atoms with Crippen LogP contribution in [0.1, 0.15) is 330 Å². The third-order valence-electron chi connectivity index (χ3n) is 18.7. The van der Waals surface area contributed by atoms with Gasteiger partial charge in [0.2, 0.25) is 0 Å². The fraction of sp³-hybridized carbons (Fsp3) is 0.768. The molecular formula is C82H140O14S. The van der Waals surface area contributed by atoms with Gasteiger partial charge in [-0.3, -0.25) is 19.2 Å². The molecule has 0 spiro atoms. The molecule has 0 heterocycles. The summed E-state index contributed by atoms with van der Waals surface area (Å²) in [7, 11) is 0. The highest BCUT2D eigenvalue weighted by molar-refractivity contribution is 8.01. The Balaban J connectivity index is 0.00000299. The Kier molecular flexibility index (Phi) is 52.7. The maximum absolute atomic E-state index is 15.3. The van der Waals surface area contributed by atoms with Crippen molar-refractivity contribution in [2.45, 2.75) is 341 Å². The summed E-state index contributed by atoms with van der Waals surface area (Å²) in [6, 6.07) is 20.5. The van der Waals surface area contributed by atoms with E-state index < -0.39 is 45.1 Å². The zero-order valence-corrected chi connectivity index (χ0v) is 63.5. The number of hydrogen-bond acceptors (Lipinski definition) is 15. The minimum atomic E-state index is -1.30. The van der Waals surface area contributed by atoms with E-state index in [0.717, 1.165) is 75.3 Å². The Bertz CT molecular complexity index is 2310. The van der Waals surface area contributed by atoms with Crippen LogP contribution in [0.25, 0.3) is 0 Å². The van der Waals surface area contributed by atoms with Gasteiger partial charge in [0, 0.05) is 11.3 Å². The van der Waals surface area contributed by atoms with Crippen LogP contribution in [-0.2, 0) is 53.1 Å². The molecule has 6 atom stereocenters. The second kappa shape index (κ2) is 56.4. The lowest BCUT2D eigenvalue weighted by atomic mass is 9.64. The van der Waals surface area contributed by atoms with Crippen LogP contribution in [0.4, 0.5) is 0 Å². The first-order valence-electron chi connectivity index (χ1n) is 38.4. The summed E-state index contributed by atoms with van der Waals surface area (Å²) in [6.45, 7) is 22.6. The molecule has 15 heteroatoms. The van der Waals surface area contributed by atoms with Crippen molar-refractivity contribution in [1.82, 2.24) is 0 Å². The van der Waals surface area contributed by atoms with Gasteiger partial charge >= 0.3 is 29.8 Å². The molecule has 0 aromatic heterocycles. The summed E-state index contributed by atoms with van der Waals surface area (Å²) in [4.78, 5) is 68.8. The van der Waals surface area contributed by atoms with Crippen LogP contribution in [-0.4, -0.2) is 119 Å². The molecule has 0 amide bonds. The van der Waals surface area contributed by atoms with E-state index in [4.69, 9.17) is 33.9 Å². The van der Waals surface area contributed by atoms with Crippen molar-refractivity contribution in [3.63, 3.8) is 0 Å². The molecule has 4 N–H and O–H groups in total. The first-order valence-corrected chi connectivity index (χ1v) is 39.4. The van der Waals surface area contributed by atoms with Gasteiger partial charge in [0.1, 0.15) is 4.75 Å². The Morgan fingerprint density at radius 1 is 0.443 bits per heavy atom. The lowest BCUT2D eigenvalue weighted by Crippen LogP contribution is -2.45. The van der Waals surface area contributed by atoms with E-state index >= 15 is 9.59 Å². The van der Waals surface area contributed by atoms with Crippen LogP contribution in [0.5, 0.6) is 0 Å². The average Bonchev–Trinajstić information content (AvgIpc) is 0.787. The molecule has 97 heavy (non-hydrogen) atoms. The maximum atomic E-state index is 15.3. The zero-order valence-electron chi connectivity index (χ0n) is 62.7. The van der Waals surface area contributed by atoms with Gasteiger partial charge in [0.25, 0.3) is 0 Å². The molecule has 2 rings (SSSR count). The first kappa shape index (κ1) is 90.7. The molecule has 0 aliphatic heterocycles. The van der Waals surface area contributed by atoms with E-state index in [1.807, 2.05) is 64.1 Å². The van der Waals surface area contributed by atoms with Crippen molar-refractivity contribution < 1.29 is 68.1 Å². The Morgan fingerprint density at radius 2 is 0.794 bits per heavy atom. The fourth-order valence-electron chi connectivity index (χ4n) is 12.9. The third kappa shape index (κ3) is 43.9. The van der Waals surface area contributed by atoms with E-state index in [1.54, 1.807) is 6.92 Å². The predicted octanol–water partition coefficient (Wildman–Crippen LogP) is 19.5. The minimum absolute atomic E-state index is 0.0497. The average molecular weight is 1380 g/mol. The number of hydrogen-bond donors (Lipinski definition) is 4. The predicted molar refractivity (Wildman–Crippen MR) is 399 cm³/mol. The molecule has 0 radical (unpaired) electrons. The highest BCUT2D eigenvalue weighted by Crippen LogP contribution is 2.50. The molecule has 2 aromatic rings. The molecule has 6 unspecified atom stereocenters. The number of esters is 5. The summed E-state index contributed by atoms with van der Waals surface area (Å²) in [5.74, 6) is -1.94. The third-order valence-corrected chi connectivity index (χ3v) is 20.1. The highest BCUT2D eigenvalue weighted by Gasteiger charge is 2.50. The van der Waals surface area contributed by atoms with Crippen LogP contribution in [0.3, 0.4) is 0 Å². The van der Waals surface area contributed by atoms with Crippen molar-refractivity contribution in [3.05, 3.63) is 83.9 Å². The standard InChI is InChI=1S/C72H122O10S.C10H18O4/c1-9-12-15-17-19-21-23-24-25-26-27-28-30-32-34-43-53-81-67(77)71(7,60-72(8,83-55-50-65(75)79-51-14-11-3)68(78)82-54-44-41-49-64(74)58-73)57-62(61-45-37-35-38-46-61)56-70(6,59-69(4,5)63-47-39-36-40-48-63)66(76)80-52-42-33-31-29-22-20-18-16-13-10-2;1-8(2)10(13)14-6-4-3-5-9(12)7-11/h35-40,45-48,62,64,73-74H,9-34,41-44,49-60H2,1-8H3;9,11-12H,1,3-7H2,2H3. The second-order valence-electron chi connectivity index (χ2n) is 29.1. The largest absolute Gasteiger partial charge is 0.466 e. The van der Waals surface area contributed by atoms with Gasteiger partial charge in [0.05, 0.1) is 75.7 Å². The lowest BCUT2D eigenvalue weighted by molar-refractivity contribution is -0.159. The highest BCUT2D eigenvalue weighted by atomic mass is 32.2. The van der Waals surface area contributed by atoms with E-state index in [1.165, 1.54) is 134 Å². The summed E-state index contributed by atoms with van der Waals surface area (Å²) >= 11 is 1.30. The van der Waals surface area contributed by atoms with E-state index in [0.29, 0.717) is 70.3 Å². The lowest BCUT2D eigenvalue weighted by Gasteiger charge is -2.41. The van der Waals surface area contributed by atoms with Crippen molar-refractivity contribution >= 4 is 41.6 Å². The topological polar surface area (TPSA) is 212 Å². The molecule has 558 valence electrons. The SMILES string of the molecule is C=C(C)C(=O)OCCCCC(O)CO.CCCCCCCCCCCCCCCCCCOC(=O)C(C)(CC(CC(C)(CC(C)(C)c1ccccc1)C(=O)OCCCCCCCCCCCC)c1ccccc1)CC(C)(SCCC(=O)OCCCC)C(=O)OCCCCC(O)CO. The number of aliphatic hydroxyl groups excluding tert-OH is 4. The van der Waals surface area contributed by atoms with E-state index in [9.17, 15) is 24.6 Å². The van der Waals surface area contributed by atoms with Gasteiger partial charge in [0.15, 0.2) is 0 Å². The van der Waals surface area contributed by atoms with Crippen molar-refractivity contribution in [2.24, 2.45) is 10.8 Å². The van der Waals surface area contributed by atoms with Crippen molar-refractivity contribution in [1.29, 1.82) is 0 Å². The van der Waals surface area contributed by atoms with Crippen LogP contribution in [0.15, 0.2) is 72.8 Å². The summed E-state index contributed by atoms with van der Waals surface area (Å²) < 4.78 is 27.8. The number of aliphatic hydroxyl groups is 4. The van der Waals surface area contributed by atoms with Gasteiger partial charge in [-0.25, -0.2) is 4.79 Å². The first-order chi connectivity index (χ1) is 46.6. The molecule has 0 fully saturated rings. The summed E-state index contributed by atoms with van der Waals surface area (Å²) in [5, 5.41) is 36.8. The smallest absolute Gasteiger partial charge is 0.333 e. The van der Waals surface area contributed by atoms with Gasteiger partial charge < -0.3 is 44.1 Å². The minimum Gasteiger partial charge on any atom is -0.466 e. The number of rotatable bonds is 61. The number of benzene rings is 2. The normalized spacial score (nSPS) is 14.3. The molecule has 0 bridgehead atoms. The number of carbonyl (C=O) groups excluding carboxylic acids is 5. The Morgan fingerprint density at radius 3 is 1.20 bits per heavy atom. The molecule has 0 saturated heterocycles. The molecule has 0 aliphatic carbocycles. The van der Waals surface area contributed by atoms with Crippen LogP contribution in [0.2, 0.25) is 0 Å². The number of ether oxygens (including phenoxy) is 5. The molecular weight excluding hydrogens is 1240 g/mol. The van der Waals surface area contributed by atoms with Crippen LogP contribution in [0, 0.1) is 10.8 Å². The van der Waals surface area contributed by atoms with Crippen LogP contribution >= 0.6 is 11.8 Å². The van der Waals surface area contributed by atoms with Gasteiger partial charge in [-0.2, -0.15) is 0 Å². The Labute approximate surface area is 594 Å². The number of carbonyl (C=O) groups is 5. The quantitative estimate of drug-likeness (QED) is 0.0210. The van der Waals surface area contributed by atoms with E-state index in [2.05, 4.69) is 58.5 Å². The molecule has 2 aromatic carbocycles. The van der Waals surface area contributed by atoms with Crippen molar-refractivity contribution in [2.75, 3.05) is 52.0 Å². The van der Waals surface area contributed by atoms with E-state index in [-0.39, 0.29) is 75.3 Å². The van der Waals surface area contributed by atoms with Gasteiger partial charge in [-0.05, 0) is 134 Å². The molecule has 0 aliphatic rings. The second-order valence-corrected chi connectivity index (χ2v) is 30.7. The monoisotopic (exact) mass is 1380 g/mol. The summed E-state index contributed by atoms with van der Waals surface area (Å²) in [6.07, 6.45) is 36.5. The van der Waals surface area contributed by atoms with Gasteiger partial charge in [-0.15, -0.1) is 11.8 Å². The summed E-state index contributed by atoms with van der Waals surface area (Å²) in [5.41, 5.74) is -0.186. The zero-order chi connectivity index (χ0) is 71.9. The fourth-order valence-corrected chi connectivity index (χ4v) is 14.2. The van der Waals surface area contributed by atoms with Gasteiger partial charge in [-0.1, -0.05) is 262 Å². The van der Waals surface area contributed by atoms with Crippen LogP contribution < -0.4 is 0 Å². The van der Waals surface area contributed by atoms with Crippen molar-refractivity contribution in [3.8, 4) is 0 Å². The molecule has 0 saturated carbocycles. The Hall–Kier alpha value is -4.28. The maximum Gasteiger partial charge on any atom is 0.333 e. The number of unbranched alkanes of at least 4 members (excludes halogenated alkanes) is 27. The molecule has 14 nitrogen and oxygen atoms in total.